The van der Waals surface area contributed by atoms with Crippen LogP contribution in [0.25, 0.3) is 17.4 Å². The number of carbonyl (C=O) groups is 1. The molecule has 0 saturated heterocycles. The van der Waals surface area contributed by atoms with E-state index in [0.29, 0.717) is 11.2 Å². The lowest BCUT2D eigenvalue weighted by molar-refractivity contribution is -0.147. The number of carbonyl (C=O) groups excluding carboxylic acids is 1. The molecule has 2 aromatic heterocycles. The fourth-order valence-corrected chi connectivity index (χ4v) is 1.45. The SMILES string of the molecule is CCOC(=O)C(F)/C=C/n1cnc2c(N)ncnc21. The zero-order valence-corrected chi connectivity index (χ0v) is 10.2. The fourth-order valence-electron chi connectivity index (χ4n) is 1.45. The number of imidazole rings is 1. The third kappa shape index (κ3) is 2.67. The average molecular weight is 265 g/mol. The zero-order chi connectivity index (χ0) is 13.8. The number of ether oxygens (including phenoxy) is 1. The normalized spacial score (nSPS) is 12.9. The van der Waals surface area contributed by atoms with Crippen LogP contribution < -0.4 is 5.73 Å². The molecule has 0 spiro atoms. The number of hydrogen-bond donors (Lipinski definition) is 1. The Morgan fingerprint density at radius 1 is 1.58 bits per heavy atom. The van der Waals surface area contributed by atoms with Gasteiger partial charge in [0.15, 0.2) is 17.0 Å². The second-order valence-electron chi connectivity index (χ2n) is 3.58. The van der Waals surface area contributed by atoms with Crippen LogP contribution in [-0.4, -0.2) is 38.3 Å². The molecule has 8 heteroatoms. The van der Waals surface area contributed by atoms with Crippen molar-refractivity contribution in [2.24, 2.45) is 0 Å². The Hall–Kier alpha value is -2.51. The maximum Gasteiger partial charge on any atom is 0.344 e. The van der Waals surface area contributed by atoms with E-state index in [-0.39, 0.29) is 12.4 Å². The van der Waals surface area contributed by atoms with Crippen molar-refractivity contribution in [2.75, 3.05) is 12.3 Å². The van der Waals surface area contributed by atoms with Crippen LogP contribution in [0.15, 0.2) is 18.7 Å². The number of nitrogens with two attached hydrogens (primary N) is 1. The average Bonchev–Trinajstić information content (AvgIpc) is 2.81. The van der Waals surface area contributed by atoms with Gasteiger partial charge >= 0.3 is 5.97 Å². The Morgan fingerprint density at radius 3 is 3.11 bits per heavy atom. The number of anilines is 1. The third-order valence-corrected chi connectivity index (χ3v) is 2.31. The molecule has 0 aliphatic rings. The van der Waals surface area contributed by atoms with Gasteiger partial charge in [0.25, 0.3) is 0 Å². The van der Waals surface area contributed by atoms with Crippen LogP contribution in [0.4, 0.5) is 10.2 Å². The third-order valence-electron chi connectivity index (χ3n) is 2.31. The number of nitrogens with zero attached hydrogens (tertiary/aromatic N) is 4. The minimum Gasteiger partial charge on any atom is -0.464 e. The Kier molecular flexibility index (Phi) is 3.69. The Morgan fingerprint density at radius 2 is 2.37 bits per heavy atom. The van der Waals surface area contributed by atoms with Crippen LogP contribution >= 0.6 is 0 Å². The molecule has 7 nitrogen and oxygen atoms in total. The van der Waals surface area contributed by atoms with Crippen LogP contribution in [0.2, 0.25) is 0 Å². The van der Waals surface area contributed by atoms with Gasteiger partial charge in [0.2, 0.25) is 6.17 Å². The van der Waals surface area contributed by atoms with Crippen molar-refractivity contribution in [3.8, 4) is 0 Å². The molecule has 0 amide bonds. The molecular weight excluding hydrogens is 253 g/mol. The van der Waals surface area contributed by atoms with Gasteiger partial charge in [-0.25, -0.2) is 24.1 Å². The molecule has 100 valence electrons. The smallest absolute Gasteiger partial charge is 0.344 e. The molecule has 0 fully saturated rings. The first-order valence-electron chi connectivity index (χ1n) is 5.55. The van der Waals surface area contributed by atoms with Gasteiger partial charge in [-0.05, 0) is 13.0 Å². The van der Waals surface area contributed by atoms with Gasteiger partial charge in [0, 0.05) is 6.20 Å². The Labute approximate surface area is 107 Å². The van der Waals surface area contributed by atoms with E-state index >= 15 is 0 Å². The molecular formula is C11H12FN5O2. The lowest BCUT2D eigenvalue weighted by atomic mass is 10.4. The molecule has 2 aromatic rings. The molecule has 0 aliphatic heterocycles. The summed E-state index contributed by atoms with van der Waals surface area (Å²) in [4.78, 5) is 22.9. The number of alkyl halides is 1. The van der Waals surface area contributed by atoms with Crippen LogP contribution in [0, 0.1) is 0 Å². The molecule has 0 aromatic carbocycles. The number of aromatic nitrogens is 4. The van der Waals surface area contributed by atoms with Crippen LogP contribution in [-0.2, 0) is 9.53 Å². The Bertz CT molecular complexity index is 625. The molecule has 1 unspecified atom stereocenters. The molecule has 0 aliphatic carbocycles. The summed E-state index contributed by atoms with van der Waals surface area (Å²) in [6.07, 6.45) is 3.24. The first kappa shape index (κ1) is 12.9. The summed E-state index contributed by atoms with van der Waals surface area (Å²) < 4.78 is 19.4. The summed E-state index contributed by atoms with van der Waals surface area (Å²) in [5, 5.41) is 0. The maximum atomic E-state index is 13.4. The van der Waals surface area contributed by atoms with Gasteiger partial charge in [-0.1, -0.05) is 0 Å². The molecule has 0 bridgehead atoms. The van der Waals surface area contributed by atoms with Gasteiger partial charge in [0.1, 0.15) is 12.7 Å². The number of nitrogen functional groups attached to an aromatic ring is 1. The number of halogens is 1. The molecule has 2 N–H and O–H groups in total. The van der Waals surface area contributed by atoms with Gasteiger partial charge in [-0.3, -0.25) is 4.57 Å². The predicted molar refractivity (Wildman–Crippen MR) is 66.6 cm³/mol. The van der Waals surface area contributed by atoms with E-state index in [1.54, 1.807) is 6.92 Å². The van der Waals surface area contributed by atoms with E-state index in [1.807, 2.05) is 0 Å². The fraction of sp³-hybridized carbons (Fsp3) is 0.273. The summed E-state index contributed by atoms with van der Waals surface area (Å²) >= 11 is 0. The second-order valence-corrected chi connectivity index (χ2v) is 3.58. The molecule has 2 heterocycles. The predicted octanol–water partition coefficient (Wildman–Crippen LogP) is 0.780. The Balaban J connectivity index is 2.22. The molecule has 2 rings (SSSR count). The zero-order valence-electron chi connectivity index (χ0n) is 10.2. The lowest BCUT2D eigenvalue weighted by Gasteiger charge is -2.02. The summed E-state index contributed by atoms with van der Waals surface area (Å²) in [5.74, 6) is -0.698. The summed E-state index contributed by atoms with van der Waals surface area (Å²) in [5.41, 5.74) is 6.46. The van der Waals surface area contributed by atoms with E-state index in [4.69, 9.17) is 5.73 Å². The largest absolute Gasteiger partial charge is 0.464 e. The summed E-state index contributed by atoms with van der Waals surface area (Å²) in [7, 11) is 0. The van der Waals surface area contributed by atoms with Crippen molar-refractivity contribution < 1.29 is 13.9 Å². The molecule has 1 atom stereocenters. The van der Waals surface area contributed by atoms with Crippen molar-refractivity contribution in [1.82, 2.24) is 19.5 Å². The summed E-state index contributed by atoms with van der Waals surface area (Å²) in [6, 6.07) is 0. The highest BCUT2D eigenvalue weighted by atomic mass is 19.1. The highest BCUT2D eigenvalue weighted by Crippen LogP contribution is 2.14. The minimum atomic E-state index is -1.84. The molecule has 0 radical (unpaired) electrons. The molecule has 0 saturated carbocycles. The van der Waals surface area contributed by atoms with Crippen molar-refractivity contribution in [1.29, 1.82) is 0 Å². The van der Waals surface area contributed by atoms with E-state index < -0.39 is 12.1 Å². The standard InChI is InChI=1S/C11H12FN5O2/c1-2-19-11(18)7(12)3-4-17-6-16-8-9(13)14-5-15-10(8)17/h3-7H,2H2,1H3,(H2,13,14,15)/b4-3+. The van der Waals surface area contributed by atoms with E-state index in [9.17, 15) is 9.18 Å². The minimum absolute atomic E-state index is 0.130. The number of esters is 1. The number of rotatable bonds is 4. The number of fused-ring (bicyclic) bond motifs is 1. The highest BCUT2D eigenvalue weighted by Gasteiger charge is 2.14. The maximum absolute atomic E-state index is 13.4. The van der Waals surface area contributed by atoms with Crippen LogP contribution in [0.1, 0.15) is 6.92 Å². The lowest BCUT2D eigenvalue weighted by Crippen LogP contribution is -2.16. The van der Waals surface area contributed by atoms with Gasteiger partial charge < -0.3 is 10.5 Å². The van der Waals surface area contributed by atoms with Gasteiger partial charge in [-0.2, -0.15) is 0 Å². The van der Waals surface area contributed by atoms with E-state index in [0.717, 1.165) is 6.08 Å². The van der Waals surface area contributed by atoms with Crippen molar-refractivity contribution >= 4 is 29.2 Å². The van der Waals surface area contributed by atoms with Gasteiger partial charge in [0.05, 0.1) is 6.61 Å². The highest BCUT2D eigenvalue weighted by molar-refractivity contribution is 5.83. The summed E-state index contributed by atoms with van der Waals surface area (Å²) in [6.45, 7) is 1.74. The topological polar surface area (TPSA) is 95.9 Å². The first-order chi connectivity index (χ1) is 9.13. The van der Waals surface area contributed by atoms with Crippen LogP contribution in [0.5, 0.6) is 0 Å². The number of hydrogen-bond acceptors (Lipinski definition) is 6. The van der Waals surface area contributed by atoms with Crippen molar-refractivity contribution in [3.05, 3.63) is 18.7 Å². The van der Waals surface area contributed by atoms with Crippen molar-refractivity contribution in [2.45, 2.75) is 13.1 Å². The quantitative estimate of drug-likeness (QED) is 0.821. The van der Waals surface area contributed by atoms with Crippen LogP contribution in [0.3, 0.4) is 0 Å². The monoisotopic (exact) mass is 265 g/mol. The molecule has 19 heavy (non-hydrogen) atoms. The van der Waals surface area contributed by atoms with E-state index in [1.165, 1.54) is 23.4 Å². The van der Waals surface area contributed by atoms with Gasteiger partial charge in [-0.15, -0.1) is 0 Å². The first-order valence-corrected chi connectivity index (χ1v) is 5.55. The van der Waals surface area contributed by atoms with Crippen molar-refractivity contribution in [3.63, 3.8) is 0 Å². The second kappa shape index (κ2) is 5.42. The van der Waals surface area contributed by atoms with E-state index in [2.05, 4.69) is 19.7 Å².